The number of carbonyl (C=O) groups excluding carboxylic acids is 1. The van der Waals surface area contributed by atoms with Crippen molar-refractivity contribution in [1.29, 1.82) is 0 Å². The molecule has 0 unspecified atom stereocenters. The fraction of sp³-hybridized carbons (Fsp3) is 0.526. The van der Waals surface area contributed by atoms with Gasteiger partial charge in [0.25, 0.3) is 0 Å². The van der Waals surface area contributed by atoms with Crippen LogP contribution in [0.3, 0.4) is 0 Å². The number of halogens is 3. The van der Waals surface area contributed by atoms with Crippen LogP contribution in [0.4, 0.5) is 10.1 Å². The summed E-state index contributed by atoms with van der Waals surface area (Å²) in [5.74, 6) is 1.05. The Morgan fingerprint density at radius 2 is 2.00 bits per heavy atom. The third kappa shape index (κ3) is 4.82. The van der Waals surface area contributed by atoms with Gasteiger partial charge in [0.2, 0.25) is 5.91 Å². The highest BCUT2D eigenvalue weighted by molar-refractivity contribution is 5.95. The summed E-state index contributed by atoms with van der Waals surface area (Å²) < 4.78 is 16.5. The summed E-state index contributed by atoms with van der Waals surface area (Å²) in [6.07, 6.45) is 7.13. The van der Waals surface area contributed by atoms with E-state index in [-0.39, 0.29) is 42.6 Å². The Hall–Kier alpha value is -1.70. The van der Waals surface area contributed by atoms with Crippen molar-refractivity contribution in [2.75, 3.05) is 11.9 Å². The van der Waals surface area contributed by atoms with Crippen LogP contribution in [-0.2, 0) is 17.8 Å². The molecule has 2 N–H and O–H groups in total. The standard InChI is InChI=1S/C19H24FN5O.2ClH/c20-15-9-8-13(22-19(26)16-6-3-4-10-21-16)12-14(15)18-24-23-17-7-2-1-5-11-25(17)18;;/h8-9,12,16,21H,1-7,10-11H2,(H,22,26);2*1H/t16-;;/m1../s1. The molecule has 154 valence electrons. The van der Waals surface area contributed by atoms with E-state index in [4.69, 9.17) is 0 Å². The number of fused-ring (bicyclic) bond motifs is 1. The van der Waals surface area contributed by atoms with Crippen LogP contribution >= 0.6 is 24.8 Å². The first-order valence-corrected chi connectivity index (χ1v) is 9.48. The second-order valence-electron chi connectivity index (χ2n) is 7.09. The van der Waals surface area contributed by atoms with E-state index < -0.39 is 0 Å². The summed E-state index contributed by atoms with van der Waals surface area (Å²) >= 11 is 0. The van der Waals surface area contributed by atoms with Gasteiger partial charge < -0.3 is 15.2 Å². The minimum absolute atomic E-state index is 0. The zero-order valence-corrected chi connectivity index (χ0v) is 17.3. The van der Waals surface area contributed by atoms with Gasteiger partial charge in [0.15, 0.2) is 5.82 Å². The highest BCUT2D eigenvalue weighted by atomic mass is 35.5. The Morgan fingerprint density at radius 1 is 1.14 bits per heavy atom. The maximum Gasteiger partial charge on any atom is 0.241 e. The number of amides is 1. The topological polar surface area (TPSA) is 71.8 Å². The number of anilines is 1. The van der Waals surface area contributed by atoms with Crippen LogP contribution in [-0.4, -0.2) is 33.3 Å². The van der Waals surface area contributed by atoms with Gasteiger partial charge in [-0.2, -0.15) is 0 Å². The van der Waals surface area contributed by atoms with Gasteiger partial charge in [-0.25, -0.2) is 4.39 Å². The van der Waals surface area contributed by atoms with E-state index in [1.807, 2.05) is 4.57 Å². The number of aromatic nitrogens is 3. The Balaban J connectivity index is 0.00000140. The number of benzene rings is 1. The van der Waals surface area contributed by atoms with E-state index in [0.717, 1.165) is 63.9 Å². The highest BCUT2D eigenvalue weighted by Crippen LogP contribution is 2.27. The minimum atomic E-state index is -0.349. The first-order chi connectivity index (χ1) is 12.7. The second-order valence-corrected chi connectivity index (χ2v) is 7.09. The quantitative estimate of drug-likeness (QED) is 0.779. The molecule has 0 aliphatic carbocycles. The van der Waals surface area contributed by atoms with Gasteiger partial charge in [-0.3, -0.25) is 4.79 Å². The Labute approximate surface area is 176 Å². The van der Waals surface area contributed by atoms with Crippen molar-refractivity contribution in [3.63, 3.8) is 0 Å². The predicted molar refractivity (Wildman–Crippen MR) is 112 cm³/mol. The predicted octanol–water partition coefficient (Wildman–Crippen LogP) is 3.73. The minimum Gasteiger partial charge on any atom is -0.325 e. The first kappa shape index (κ1) is 22.6. The highest BCUT2D eigenvalue weighted by Gasteiger charge is 2.22. The van der Waals surface area contributed by atoms with Crippen molar-refractivity contribution in [3.05, 3.63) is 29.8 Å². The molecule has 0 bridgehead atoms. The summed E-state index contributed by atoms with van der Waals surface area (Å²) in [5, 5.41) is 14.6. The third-order valence-electron chi connectivity index (χ3n) is 5.21. The number of hydrogen-bond donors (Lipinski definition) is 2. The molecule has 1 aromatic heterocycles. The average Bonchev–Trinajstić information content (AvgIpc) is 2.92. The van der Waals surface area contributed by atoms with Gasteiger partial charge >= 0.3 is 0 Å². The van der Waals surface area contributed by atoms with Crippen LogP contribution in [0.2, 0.25) is 0 Å². The number of nitrogens with one attached hydrogen (secondary N) is 2. The van der Waals surface area contributed by atoms with Crippen molar-refractivity contribution in [1.82, 2.24) is 20.1 Å². The molecule has 1 amide bonds. The number of carbonyl (C=O) groups is 1. The molecule has 0 spiro atoms. The van der Waals surface area contributed by atoms with Crippen molar-refractivity contribution in [2.24, 2.45) is 0 Å². The number of piperidine rings is 1. The molecule has 1 fully saturated rings. The van der Waals surface area contributed by atoms with E-state index in [1.54, 1.807) is 12.1 Å². The van der Waals surface area contributed by atoms with Crippen molar-refractivity contribution in [3.8, 4) is 11.4 Å². The van der Waals surface area contributed by atoms with Gasteiger partial charge in [-0.1, -0.05) is 12.8 Å². The van der Waals surface area contributed by atoms with Crippen molar-refractivity contribution < 1.29 is 9.18 Å². The van der Waals surface area contributed by atoms with Crippen molar-refractivity contribution in [2.45, 2.75) is 57.5 Å². The summed E-state index contributed by atoms with van der Waals surface area (Å²) in [4.78, 5) is 12.4. The smallest absolute Gasteiger partial charge is 0.241 e. The van der Waals surface area contributed by atoms with E-state index in [1.165, 1.54) is 6.07 Å². The average molecular weight is 430 g/mol. The van der Waals surface area contributed by atoms with E-state index in [0.29, 0.717) is 17.1 Å². The zero-order valence-electron chi connectivity index (χ0n) is 15.6. The van der Waals surface area contributed by atoms with Crippen LogP contribution in [0.15, 0.2) is 18.2 Å². The second kappa shape index (κ2) is 10.2. The molecule has 2 aliphatic rings. The maximum absolute atomic E-state index is 14.5. The number of nitrogens with zero attached hydrogens (tertiary/aromatic N) is 3. The van der Waals surface area contributed by atoms with Gasteiger partial charge in [0.05, 0.1) is 11.6 Å². The molecule has 28 heavy (non-hydrogen) atoms. The fourth-order valence-corrected chi connectivity index (χ4v) is 3.76. The lowest BCUT2D eigenvalue weighted by Gasteiger charge is -2.22. The van der Waals surface area contributed by atoms with Crippen LogP contribution < -0.4 is 10.6 Å². The van der Waals surface area contributed by atoms with Gasteiger partial charge in [-0.15, -0.1) is 35.0 Å². The lowest BCUT2D eigenvalue weighted by molar-refractivity contribution is -0.118. The van der Waals surface area contributed by atoms with Crippen LogP contribution in [0.5, 0.6) is 0 Å². The lowest BCUT2D eigenvalue weighted by atomic mass is 10.0. The van der Waals surface area contributed by atoms with E-state index in [2.05, 4.69) is 20.8 Å². The molecular formula is C19H26Cl2FN5O. The number of aryl methyl sites for hydroxylation is 1. The van der Waals surface area contributed by atoms with Gasteiger partial charge in [0.1, 0.15) is 11.6 Å². The van der Waals surface area contributed by atoms with Crippen LogP contribution in [0.1, 0.15) is 44.3 Å². The Kier molecular flexibility index (Phi) is 8.22. The SMILES string of the molecule is Cl.Cl.O=C(Nc1ccc(F)c(-c2nnc3n2CCCCC3)c1)[C@H]1CCCCN1. The monoisotopic (exact) mass is 429 g/mol. The first-order valence-electron chi connectivity index (χ1n) is 9.48. The van der Waals surface area contributed by atoms with Crippen LogP contribution in [0, 0.1) is 5.82 Å². The molecular weight excluding hydrogens is 404 g/mol. The van der Waals surface area contributed by atoms with E-state index in [9.17, 15) is 9.18 Å². The summed E-state index contributed by atoms with van der Waals surface area (Å²) in [5.41, 5.74) is 0.977. The fourth-order valence-electron chi connectivity index (χ4n) is 3.76. The molecule has 3 heterocycles. The largest absolute Gasteiger partial charge is 0.325 e. The molecule has 0 saturated carbocycles. The summed E-state index contributed by atoms with van der Waals surface area (Å²) in [6.45, 7) is 1.67. The molecule has 6 nitrogen and oxygen atoms in total. The lowest BCUT2D eigenvalue weighted by Crippen LogP contribution is -2.43. The van der Waals surface area contributed by atoms with Crippen molar-refractivity contribution >= 4 is 36.4 Å². The maximum atomic E-state index is 14.5. The summed E-state index contributed by atoms with van der Waals surface area (Å²) in [6, 6.07) is 4.47. The Bertz CT molecular complexity index is 808. The van der Waals surface area contributed by atoms with E-state index >= 15 is 0 Å². The molecule has 0 radical (unpaired) electrons. The number of hydrogen-bond acceptors (Lipinski definition) is 4. The summed E-state index contributed by atoms with van der Waals surface area (Å²) in [7, 11) is 0. The molecule has 9 heteroatoms. The van der Waals surface area contributed by atoms with Gasteiger partial charge in [-0.05, 0) is 50.4 Å². The molecule has 4 rings (SSSR count). The zero-order chi connectivity index (χ0) is 17.9. The molecule has 2 aliphatic heterocycles. The van der Waals surface area contributed by atoms with Crippen LogP contribution in [0.25, 0.3) is 11.4 Å². The Morgan fingerprint density at radius 3 is 2.79 bits per heavy atom. The van der Waals surface area contributed by atoms with Gasteiger partial charge in [0, 0.05) is 18.7 Å². The molecule has 1 atom stereocenters. The number of rotatable bonds is 3. The molecule has 2 aromatic rings. The normalized spacial score (nSPS) is 18.8. The molecule has 1 aromatic carbocycles. The molecule has 1 saturated heterocycles. The third-order valence-corrected chi connectivity index (χ3v) is 5.21.